The number of ether oxygens (including phenoxy) is 3. The second-order valence-electron chi connectivity index (χ2n) is 7.60. The summed E-state index contributed by atoms with van der Waals surface area (Å²) in [6.07, 6.45) is 8.81. The highest BCUT2D eigenvalue weighted by Crippen LogP contribution is 2.23. The maximum atomic E-state index is 5.92. The summed E-state index contributed by atoms with van der Waals surface area (Å²) >= 11 is 0. The second-order valence-corrected chi connectivity index (χ2v) is 7.60. The Kier molecular flexibility index (Phi) is 6.93. The maximum Gasteiger partial charge on any atom is 0.119 e. The summed E-state index contributed by atoms with van der Waals surface area (Å²) in [5, 5.41) is 0. The Morgan fingerprint density at radius 3 is 2.27 bits per heavy atom. The van der Waals surface area contributed by atoms with Crippen molar-refractivity contribution in [2.24, 2.45) is 0 Å². The first-order chi connectivity index (χ1) is 14.8. The molecule has 0 aliphatic carbocycles. The van der Waals surface area contributed by atoms with Crippen molar-refractivity contribution >= 4 is 5.69 Å². The Hall–Kier alpha value is -2.92. The van der Waals surface area contributed by atoms with Gasteiger partial charge in [0.05, 0.1) is 7.11 Å². The minimum absolute atomic E-state index is 0.545. The van der Waals surface area contributed by atoms with Crippen LogP contribution in [0.4, 0.5) is 5.69 Å². The number of anilines is 1. The molecule has 158 valence electrons. The van der Waals surface area contributed by atoms with Gasteiger partial charge in [0.15, 0.2) is 0 Å². The molecule has 0 unspecified atom stereocenters. The zero-order valence-corrected chi connectivity index (χ0v) is 17.6. The molecule has 1 saturated heterocycles. The van der Waals surface area contributed by atoms with Crippen LogP contribution < -0.4 is 14.4 Å². The largest absolute Gasteiger partial charge is 0.497 e. The molecule has 2 aromatic carbocycles. The van der Waals surface area contributed by atoms with Crippen molar-refractivity contribution in [3.8, 4) is 11.5 Å². The van der Waals surface area contributed by atoms with E-state index in [2.05, 4.69) is 34.2 Å². The highest BCUT2D eigenvalue weighted by molar-refractivity contribution is 5.53. The third-order valence-corrected chi connectivity index (χ3v) is 5.52. The molecule has 0 N–H and O–H groups in total. The number of hydrogen-bond acceptors (Lipinski definition) is 5. The van der Waals surface area contributed by atoms with Gasteiger partial charge in [-0.3, -0.25) is 4.90 Å². The topological polar surface area (TPSA) is 34.2 Å². The zero-order chi connectivity index (χ0) is 20.6. The van der Waals surface area contributed by atoms with Gasteiger partial charge in [-0.25, -0.2) is 0 Å². The lowest BCUT2D eigenvalue weighted by Crippen LogP contribution is -2.25. The number of nitrogens with zero attached hydrogens (tertiary/aromatic N) is 2. The van der Waals surface area contributed by atoms with Crippen LogP contribution in [0.1, 0.15) is 18.4 Å². The SMILES string of the molecule is COc1ccc(COC2=CCN(c3ccc(OCCN4CCCC4)cc3)C=C2)cc1. The lowest BCUT2D eigenvalue weighted by molar-refractivity contribution is 0.209. The number of allylic oxidation sites excluding steroid dienone is 1. The normalized spacial score (nSPS) is 16.4. The molecule has 30 heavy (non-hydrogen) atoms. The molecule has 0 amide bonds. The van der Waals surface area contributed by atoms with Crippen LogP contribution in [0.15, 0.2) is 72.6 Å². The Morgan fingerprint density at radius 1 is 0.867 bits per heavy atom. The van der Waals surface area contributed by atoms with E-state index in [9.17, 15) is 0 Å². The van der Waals surface area contributed by atoms with Crippen LogP contribution in [0.5, 0.6) is 11.5 Å². The average molecular weight is 407 g/mol. The van der Waals surface area contributed by atoms with Crippen molar-refractivity contribution in [1.82, 2.24) is 4.90 Å². The molecule has 0 spiro atoms. The zero-order valence-electron chi connectivity index (χ0n) is 17.6. The Labute approximate surface area is 179 Å². The fourth-order valence-electron chi connectivity index (χ4n) is 3.70. The molecule has 4 rings (SSSR count). The van der Waals surface area contributed by atoms with E-state index in [1.807, 2.05) is 42.5 Å². The molecule has 0 bridgehead atoms. The molecule has 0 atom stereocenters. The molecule has 0 aromatic heterocycles. The summed E-state index contributed by atoms with van der Waals surface area (Å²) in [5.74, 6) is 2.68. The Morgan fingerprint density at radius 2 is 1.60 bits per heavy atom. The quantitative estimate of drug-likeness (QED) is 0.608. The fraction of sp³-hybridized carbons (Fsp3) is 0.360. The van der Waals surface area contributed by atoms with E-state index in [1.54, 1.807) is 7.11 Å². The third-order valence-electron chi connectivity index (χ3n) is 5.52. The predicted molar refractivity (Wildman–Crippen MR) is 120 cm³/mol. The standard InChI is InChI=1S/C25H30N2O3/c1-28-23-8-4-21(5-9-23)20-30-25-12-16-27(17-13-25)22-6-10-24(11-7-22)29-19-18-26-14-2-3-15-26/h4-13,16H,2-3,14-15,17-20H2,1H3. The van der Waals surface area contributed by atoms with Gasteiger partial charge >= 0.3 is 0 Å². The van der Waals surface area contributed by atoms with Crippen LogP contribution in [0.3, 0.4) is 0 Å². The van der Waals surface area contributed by atoms with E-state index in [0.717, 1.165) is 48.2 Å². The summed E-state index contributed by atoms with van der Waals surface area (Å²) in [6, 6.07) is 16.2. The molecule has 5 nitrogen and oxygen atoms in total. The van der Waals surface area contributed by atoms with Crippen molar-refractivity contribution < 1.29 is 14.2 Å². The van der Waals surface area contributed by atoms with Gasteiger partial charge in [-0.15, -0.1) is 0 Å². The van der Waals surface area contributed by atoms with Crippen molar-refractivity contribution in [1.29, 1.82) is 0 Å². The summed E-state index contributed by atoms with van der Waals surface area (Å²) in [7, 11) is 1.67. The van der Waals surface area contributed by atoms with Crippen molar-refractivity contribution in [3.05, 3.63) is 78.2 Å². The third kappa shape index (κ3) is 5.57. The van der Waals surface area contributed by atoms with Gasteiger partial charge in [0.1, 0.15) is 30.5 Å². The Balaban J connectivity index is 1.21. The summed E-state index contributed by atoms with van der Waals surface area (Å²) in [6.45, 7) is 5.51. The van der Waals surface area contributed by atoms with Crippen LogP contribution in [0.2, 0.25) is 0 Å². The molecule has 2 aliphatic heterocycles. The van der Waals surface area contributed by atoms with Gasteiger partial charge < -0.3 is 19.1 Å². The lowest BCUT2D eigenvalue weighted by atomic mass is 10.2. The van der Waals surface area contributed by atoms with E-state index in [1.165, 1.54) is 25.9 Å². The smallest absolute Gasteiger partial charge is 0.119 e. The first-order valence-electron chi connectivity index (χ1n) is 10.7. The number of benzene rings is 2. The lowest BCUT2D eigenvalue weighted by Gasteiger charge is -2.23. The minimum atomic E-state index is 0.545. The average Bonchev–Trinajstić information content (AvgIpc) is 3.32. The van der Waals surface area contributed by atoms with E-state index in [-0.39, 0.29) is 0 Å². The molecule has 0 radical (unpaired) electrons. The van der Waals surface area contributed by atoms with Gasteiger partial charge in [-0.2, -0.15) is 0 Å². The Bertz CT molecular complexity index is 853. The van der Waals surface area contributed by atoms with Gasteiger partial charge in [0.2, 0.25) is 0 Å². The number of rotatable bonds is 9. The number of hydrogen-bond donors (Lipinski definition) is 0. The minimum Gasteiger partial charge on any atom is -0.497 e. The monoisotopic (exact) mass is 406 g/mol. The van der Waals surface area contributed by atoms with Crippen LogP contribution >= 0.6 is 0 Å². The van der Waals surface area contributed by atoms with Crippen LogP contribution in [0, 0.1) is 0 Å². The first kappa shape index (κ1) is 20.4. The van der Waals surface area contributed by atoms with E-state index < -0.39 is 0 Å². The second kappa shape index (κ2) is 10.2. The van der Waals surface area contributed by atoms with E-state index in [0.29, 0.717) is 6.61 Å². The molecule has 2 aliphatic rings. The molecular formula is C25H30N2O3. The first-order valence-corrected chi connectivity index (χ1v) is 10.7. The number of methoxy groups -OCH3 is 1. The molecular weight excluding hydrogens is 376 g/mol. The van der Waals surface area contributed by atoms with E-state index >= 15 is 0 Å². The van der Waals surface area contributed by atoms with Gasteiger partial charge in [-0.05, 0) is 80.0 Å². The summed E-state index contributed by atoms with van der Waals surface area (Å²) in [4.78, 5) is 4.65. The highest BCUT2D eigenvalue weighted by atomic mass is 16.5. The molecule has 0 saturated carbocycles. The molecule has 5 heteroatoms. The molecule has 2 heterocycles. The van der Waals surface area contributed by atoms with Crippen LogP contribution in [0.25, 0.3) is 0 Å². The number of likely N-dealkylation sites (tertiary alicyclic amines) is 1. The van der Waals surface area contributed by atoms with Gasteiger partial charge in [-0.1, -0.05) is 12.1 Å². The molecule has 1 fully saturated rings. The molecule has 2 aromatic rings. The summed E-state index contributed by atoms with van der Waals surface area (Å²) < 4.78 is 17.0. The van der Waals surface area contributed by atoms with Crippen molar-refractivity contribution in [3.63, 3.8) is 0 Å². The van der Waals surface area contributed by atoms with Crippen molar-refractivity contribution in [2.75, 3.05) is 44.8 Å². The summed E-state index contributed by atoms with van der Waals surface area (Å²) in [5.41, 5.74) is 2.26. The van der Waals surface area contributed by atoms with E-state index in [4.69, 9.17) is 14.2 Å². The van der Waals surface area contributed by atoms with Crippen LogP contribution in [-0.2, 0) is 11.3 Å². The van der Waals surface area contributed by atoms with Gasteiger partial charge in [0, 0.05) is 25.0 Å². The fourth-order valence-corrected chi connectivity index (χ4v) is 3.70. The van der Waals surface area contributed by atoms with Gasteiger partial charge in [0.25, 0.3) is 0 Å². The highest BCUT2D eigenvalue weighted by Gasteiger charge is 2.11. The predicted octanol–water partition coefficient (Wildman–Crippen LogP) is 4.60. The maximum absolute atomic E-state index is 5.92. The van der Waals surface area contributed by atoms with Crippen molar-refractivity contribution in [2.45, 2.75) is 19.4 Å². The van der Waals surface area contributed by atoms with Crippen LogP contribution in [-0.4, -0.2) is 44.8 Å².